The first-order valence-electron chi connectivity index (χ1n) is 4.82. The van der Waals surface area contributed by atoms with E-state index in [0.29, 0.717) is 11.3 Å². The normalized spacial score (nSPS) is 10.4. The molecule has 0 aromatic heterocycles. The van der Waals surface area contributed by atoms with Crippen molar-refractivity contribution in [3.63, 3.8) is 0 Å². The fourth-order valence-electron chi connectivity index (χ4n) is 1.29. The summed E-state index contributed by atoms with van der Waals surface area (Å²) in [6, 6.07) is 2.83. The minimum absolute atomic E-state index is 0.0537. The summed E-state index contributed by atoms with van der Waals surface area (Å²) in [4.78, 5) is 20.4. The molecule has 90 valence electrons. The van der Waals surface area contributed by atoms with Crippen LogP contribution in [-0.4, -0.2) is 18.3 Å². The van der Waals surface area contributed by atoms with Gasteiger partial charge in [-0.15, -0.1) is 0 Å². The zero-order valence-corrected chi connectivity index (χ0v) is 9.25. The van der Waals surface area contributed by atoms with Crippen molar-refractivity contribution in [2.75, 3.05) is 12.8 Å². The van der Waals surface area contributed by atoms with Crippen LogP contribution in [0.3, 0.4) is 0 Å². The Balaban J connectivity index is 3.23. The largest absolute Gasteiger partial charge is 0.496 e. The Hall–Kier alpha value is -2.37. The maximum absolute atomic E-state index is 10.8. The molecule has 17 heavy (non-hydrogen) atoms. The van der Waals surface area contributed by atoms with E-state index in [1.165, 1.54) is 13.2 Å². The quantitative estimate of drug-likeness (QED) is 0.364. The molecule has 0 saturated heterocycles. The number of allylic oxidation sites excluding steroid dienone is 1. The number of nitrogens with two attached hydrogens (primary N) is 1. The van der Waals surface area contributed by atoms with Crippen LogP contribution in [0.15, 0.2) is 18.2 Å². The number of nitro groups is 1. The number of carbonyl (C=O) groups excluding carboxylic acids is 1. The lowest BCUT2D eigenvalue weighted by molar-refractivity contribution is -0.384. The Labute approximate surface area is 97.8 Å². The molecule has 0 spiro atoms. The molecule has 0 fully saturated rings. The second kappa shape index (κ2) is 5.64. The maximum Gasteiger partial charge on any atom is 0.296 e. The van der Waals surface area contributed by atoms with Crippen LogP contribution >= 0.6 is 0 Å². The molecule has 0 aliphatic heterocycles. The number of nitro benzene ring substituents is 1. The second-order valence-electron chi connectivity index (χ2n) is 3.21. The first kappa shape index (κ1) is 12.7. The van der Waals surface area contributed by atoms with E-state index in [1.54, 1.807) is 18.2 Å². The van der Waals surface area contributed by atoms with Crippen LogP contribution in [0.1, 0.15) is 12.0 Å². The molecule has 0 bridgehead atoms. The van der Waals surface area contributed by atoms with Crippen molar-refractivity contribution in [3.05, 3.63) is 33.9 Å². The third kappa shape index (κ3) is 3.04. The summed E-state index contributed by atoms with van der Waals surface area (Å²) in [5.41, 5.74) is 5.95. The number of carbonyl (C=O) groups is 1. The number of hydrogen-bond donors (Lipinski definition) is 1. The van der Waals surface area contributed by atoms with E-state index in [2.05, 4.69) is 0 Å². The molecule has 0 atom stereocenters. The van der Waals surface area contributed by atoms with E-state index in [-0.39, 0.29) is 17.8 Å². The van der Waals surface area contributed by atoms with Gasteiger partial charge < -0.3 is 15.3 Å². The molecule has 6 nitrogen and oxygen atoms in total. The third-order valence-electron chi connectivity index (χ3n) is 2.13. The van der Waals surface area contributed by atoms with Crippen molar-refractivity contribution in [2.24, 2.45) is 0 Å². The average Bonchev–Trinajstić information content (AvgIpc) is 2.31. The first-order valence-corrected chi connectivity index (χ1v) is 4.82. The van der Waals surface area contributed by atoms with Gasteiger partial charge in [0.25, 0.3) is 5.69 Å². The number of ether oxygens (including phenoxy) is 1. The van der Waals surface area contributed by atoms with Crippen LogP contribution in [0.5, 0.6) is 5.75 Å². The van der Waals surface area contributed by atoms with Gasteiger partial charge in [0.15, 0.2) is 0 Å². The van der Waals surface area contributed by atoms with Crippen LogP contribution in [-0.2, 0) is 4.79 Å². The molecule has 0 amide bonds. The van der Waals surface area contributed by atoms with Crippen molar-refractivity contribution in [2.45, 2.75) is 6.42 Å². The molecule has 0 heterocycles. The topological polar surface area (TPSA) is 95.5 Å². The van der Waals surface area contributed by atoms with Gasteiger partial charge in [-0.1, -0.05) is 12.2 Å². The lowest BCUT2D eigenvalue weighted by atomic mass is 10.1. The Morgan fingerprint density at radius 3 is 2.76 bits per heavy atom. The van der Waals surface area contributed by atoms with Crippen molar-refractivity contribution in [1.82, 2.24) is 0 Å². The molecule has 0 aliphatic carbocycles. The van der Waals surface area contributed by atoms with Crippen LogP contribution < -0.4 is 10.5 Å². The van der Waals surface area contributed by atoms with Gasteiger partial charge in [-0.3, -0.25) is 10.1 Å². The van der Waals surface area contributed by atoms with Crippen LogP contribution in [0, 0.1) is 10.1 Å². The zero-order chi connectivity index (χ0) is 12.8. The molecule has 0 radical (unpaired) electrons. The summed E-state index contributed by atoms with van der Waals surface area (Å²) in [6.45, 7) is 0. The molecule has 1 rings (SSSR count). The Morgan fingerprint density at radius 1 is 1.53 bits per heavy atom. The molecular weight excluding hydrogens is 224 g/mol. The number of methoxy groups -OCH3 is 1. The van der Waals surface area contributed by atoms with Crippen molar-refractivity contribution in [3.8, 4) is 5.75 Å². The molecule has 6 heteroatoms. The van der Waals surface area contributed by atoms with Gasteiger partial charge >= 0.3 is 0 Å². The minimum Gasteiger partial charge on any atom is -0.496 e. The number of aldehydes is 1. The molecule has 1 aromatic rings. The molecule has 0 unspecified atom stereocenters. The van der Waals surface area contributed by atoms with Gasteiger partial charge in [-0.2, -0.15) is 0 Å². The van der Waals surface area contributed by atoms with Gasteiger partial charge in [0.1, 0.15) is 17.7 Å². The fraction of sp³-hybridized carbons (Fsp3) is 0.182. The van der Waals surface area contributed by atoms with E-state index < -0.39 is 4.92 Å². The minimum atomic E-state index is -0.574. The van der Waals surface area contributed by atoms with Gasteiger partial charge in [0.2, 0.25) is 0 Å². The lowest BCUT2D eigenvalue weighted by Crippen LogP contribution is -1.99. The Bertz CT molecular complexity index is 469. The van der Waals surface area contributed by atoms with Gasteiger partial charge in [0.05, 0.1) is 18.1 Å². The highest BCUT2D eigenvalue weighted by Gasteiger charge is 2.16. The SMILES string of the molecule is COc1cc(C=CCC=O)c(N)c([N+](=O)[O-])c1. The zero-order valence-electron chi connectivity index (χ0n) is 9.25. The number of benzene rings is 1. The first-order chi connectivity index (χ1) is 8.10. The average molecular weight is 236 g/mol. The molecule has 1 aromatic carbocycles. The third-order valence-corrected chi connectivity index (χ3v) is 2.13. The molecule has 0 aliphatic rings. The summed E-state index contributed by atoms with van der Waals surface area (Å²) in [7, 11) is 1.41. The predicted molar refractivity (Wildman–Crippen MR) is 63.8 cm³/mol. The standard InChI is InChI=1S/C11H12N2O4/c1-17-9-6-8(4-2-3-5-14)11(12)10(7-9)13(15)16/h2,4-7H,3,12H2,1H3. The number of rotatable bonds is 5. The predicted octanol–water partition coefficient (Wildman–Crippen LogP) is 1.79. The van der Waals surface area contributed by atoms with Gasteiger partial charge in [-0.05, 0) is 6.07 Å². The monoisotopic (exact) mass is 236 g/mol. The lowest BCUT2D eigenvalue weighted by Gasteiger charge is -2.05. The van der Waals surface area contributed by atoms with Crippen LogP contribution in [0.25, 0.3) is 6.08 Å². The molecule has 0 saturated carbocycles. The highest BCUT2D eigenvalue weighted by Crippen LogP contribution is 2.31. The number of anilines is 1. The van der Waals surface area contributed by atoms with Crippen molar-refractivity contribution in [1.29, 1.82) is 0 Å². The summed E-state index contributed by atoms with van der Waals surface area (Å²) < 4.78 is 4.94. The summed E-state index contributed by atoms with van der Waals surface area (Å²) in [6.07, 6.45) is 4.08. The van der Waals surface area contributed by atoms with E-state index in [1.807, 2.05) is 0 Å². The van der Waals surface area contributed by atoms with Crippen LogP contribution in [0.4, 0.5) is 11.4 Å². The summed E-state index contributed by atoms with van der Waals surface area (Å²) >= 11 is 0. The van der Waals surface area contributed by atoms with E-state index in [0.717, 1.165) is 6.29 Å². The summed E-state index contributed by atoms with van der Waals surface area (Å²) in [5, 5.41) is 10.8. The van der Waals surface area contributed by atoms with Gasteiger partial charge in [0, 0.05) is 12.0 Å². The Morgan fingerprint density at radius 2 is 2.24 bits per heavy atom. The number of nitrogen functional groups attached to an aromatic ring is 1. The van der Waals surface area contributed by atoms with Crippen LogP contribution in [0.2, 0.25) is 0 Å². The highest BCUT2D eigenvalue weighted by atomic mass is 16.6. The van der Waals surface area contributed by atoms with Gasteiger partial charge in [-0.25, -0.2) is 0 Å². The second-order valence-corrected chi connectivity index (χ2v) is 3.21. The Kier molecular flexibility index (Phi) is 4.21. The number of hydrogen-bond acceptors (Lipinski definition) is 5. The summed E-state index contributed by atoms with van der Waals surface area (Å²) in [5.74, 6) is 0.344. The van der Waals surface area contributed by atoms with E-state index >= 15 is 0 Å². The van der Waals surface area contributed by atoms with Crippen molar-refractivity contribution >= 4 is 23.7 Å². The molecular formula is C11H12N2O4. The highest BCUT2D eigenvalue weighted by molar-refractivity contribution is 5.75. The maximum atomic E-state index is 10.8. The van der Waals surface area contributed by atoms with E-state index in [9.17, 15) is 14.9 Å². The smallest absolute Gasteiger partial charge is 0.296 e. The molecule has 2 N–H and O–H groups in total. The van der Waals surface area contributed by atoms with Crippen molar-refractivity contribution < 1.29 is 14.5 Å². The fourth-order valence-corrected chi connectivity index (χ4v) is 1.29. The number of nitrogens with zero attached hydrogens (tertiary/aromatic N) is 1. The van der Waals surface area contributed by atoms with E-state index in [4.69, 9.17) is 10.5 Å².